The molecule has 5 nitrogen and oxygen atoms in total. The Morgan fingerprint density at radius 2 is 2.05 bits per heavy atom. The molecule has 1 unspecified atom stereocenters. The first-order chi connectivity index (χ1) is 10.6. The van der Waals surface area contributed by atoms with Crippen molar-refractivity contribution in [3.8, 4) is 5.75 Å². The zero-order chi connectivity index (χ0) is 15.9. The van der Waals surface area contributed by atoms with Crippen molar-refractivity contribution in [2.24, 2.45) is 0 Å². The maximum Gasteiger partial charge on any atom is 0.320 e. The number of urea groups is 1. The molecular weight excluding hydrogens is 324 g/mol. The number of aliphatic hydroxyl groups excluding tert-OH is 1. The van der Waals surface area contributed by atoms with Crippen LogP contribution in [0.15, 0.2) is 36.4 Å². The summed E-state index contributed by atoms with van der Waals surface area (Å²) in [6.45, 7) is -0.148. The molecule has 0 aliphatic rings. The lowest BCUT2D eigenvalue weighted by Crippen LogP contribution is -2.41. The molecule has 0 aliphatic heterocycles. The molecule has 7 heteroatoms. The van der Waals surface area contributed by atoms with Crippen LogP contribution < -0.4 is 15.4 Å². The fourth-order valence-corrected chi connectivity index (χ4v) is 2.86. The van der Waals surface area contributed by atoms with Crippen LogP contribution in [0.2, 0.25) is 4.34 Å². The van der Waals surface area contributed by atoms with Crippen LogP contribution in [0.1, 0.15) is 5.56 Å². The van der Waals surface area contributed by atoms with Gasteiger partial charge in [-0.1, -0.05) is 23.7 Å². The third-order valence-electron chi connectivity index (χ3n) is 3.01. The van der Waals surface area contributed by atoms with Crippen molar-refractivity contribution < 1.29 is 14.6 Å². The third-order valence-corrected chi connectivity index (χ3v) is 4.15. The first-order valence-electron chi connectivity index (χ1n) is 6.67. The molecule has 118 valence electrons. The van der Waals surface area contributed by atoms with Crippen molar-refractivity contribution in [2.45, 2.75) is 12.5 Å². The lowest BCUT2D eigenvalue weighted by molar-refractivity contribution is 0.224. The zero-order valence-corrected chi connectivity index (χ0v) is 13.6. The molecule has 0 spiro atoms. The monoisotopic (exact) mass is 340 g/mol. The molecule has 22 heavy (non-hydrogen) atoms. The molecule has 1 aromatic heterocycles. The molecule has 1 atom stereocenters. The Kier molecular flexibility index (Phi) is 6.06. The van der Waals surface area contributed by atoms with E-state index in [1.165, 1.54) is 11.3 Å². The topological polar surface area (TPSA) is 70.6 Å². The molecule has 2 amide bonds. The second kappa shape index (κ2) is 8.03. The van der Waals surface area contributed by atoms with Gasteiger partial charge in [-0.25, -0.2) is 4.79 Å². The maximum atomic E-state index is 11.9. The first-order valence-corrected chi connectivity index (χ1v) is 7.87. The van der Waals surface area contributed by atoms with E-state index in [-0.39, 0.29) is 18.7 Å². The number of carbonyl (C=O) groups excluding carboxylic acids is 1. The van der Waals surface area contributed by atoms with Gasteiger partial charge in [-0.05, 0) is 36.2 Å². The van der Waals surface area contributed by atoms with Crippen molar-refractivity contribution in [1.82, 2.24) is 5.32 Å². The number of thiophene rings is 1. The Bertz CT molecular complexity index is 616. The quantitative estimate of drug-likeness (QED) is 0.756. The molecular formula is C15H17ClN2O3S. The van der Waals surface area contributed by atoms with Crippen molar-refractivity contribution in [1.29, 1.82) is 0 Å². The van der Waals surface area contributed by atoms with Crippen LogP contribution in [-0.4, -0.2) is 30.9 Å². The molecule has 0 saturated carbocycles. The standard InChI is InChI=1S/C15H17ClN2O3S/c1-21-12-4-2-10(3-5-12)8-11(9-19)17-15(20)18-14-7-6-13(16)22-14/h2-7,11,19H,8-9H2,1H3,(H2,17,18,20). The number of carbonyl (C=O) groups is 1. The molecule has 2 rings (SSSR count). The highest BCUT2D eigenvalue weighted by Crippen LogP contribution is 2.25. The van der Waals surface area contributed by atoms with Crippen molar-refractivity contribution in [3.63, 3.8) is 0 Å². The van der Waals surface area contributed by atoms with Crippen molar-refractivity contribution >= 4 is 34.0 Å². The van der Waals surface area contributed by atoms with E-state index in [0.717, 1.165) is 11.3 Å². The van der Waals surface area contributed by atoms with Crippen LogP contribution in [0.25, 0.3) is 0 Å². The molecule has 0 fully saturated rings. The summed E-state index contributed by atoms with van der Waals surface area (Å²) < 4.78 is 5.70. The average molecular weight is 341 g/mol. The normalized spacial score (nSPS) is 11.8. The molecule has 0 bridgehead atoms. The molecule has 2 aromatic rings. The maximum absolute atomic E-state index is 11.9. The van der Waals surface area contributed by atoms with E-state index in [2.05, 4.69) is 10.6 Å². The second-order valence-corrected chi connectivity index (χ2v) is 6.35. The van der Waals surface area contributed by atoms with Gasteiger partial charge in [0.05, 0.1) is 29.1 Å². The smallest absolute Gasteiger partial charge is 0.320 e. The second-order valence-electron chi connectivity index (χ2n) is 4.63. The minimum atomic E-state index is -0.371. The highest BCUT2D eigenvalue weighted by molar-refractivity contribution is 7.20. The van der Waals surface area contributed by atoms with Crippen LogP contribution in [0, 0.1) is 0 Å². The third kappa shape index (κ3) is 4.91. The number of ether oxygens (including phenoxy) is 1. The number of methoxy groups -OCH3 is 1. The Hall–Kier alpha value is -1.76. The van der Waals surface area contributed by atoms with E-state index < -0.39 is 0 Å². The average Bonchev–Trinajstić information content (AvgIpc) is 2.92. The summed E-state index contributed by atoms with van der Waals surface area (Å²) in [6, 6.07) is 10.2. The van der Waals surface area contributed by atoms with Gasteiger partial charge in [0.1, 0.15) is 5.75 Å². The minimum Gasteiger partial charge on any atom is -0.497 e. The Balaban J connectivity index is 1.89. The number of anilines is 1. The van der Waals surface area contributed by atoms with Crippen LogP contribution in [-0.2, 0) is 6.42 Å². The number of hydrogen-bond donors (Lipinski definition) is 3. The van der Waals surface area contributed by atoms with E-state index in [0.29, 0.717) is 15.8 Å². The summed E-state index contributed by atoms with van der Waals surface area (Å²) >= 11 is 7.08. The van der Waals surface area contributed by atoms with Crippen LogP contribution >= 0.6 is 22.9 Å². The predicted molar refractivity (Wildman–Crippen MR) is 89.1 cm³/mol. The minimum absolute atomic E-state index is 0.148. The van der Waals surface area contributed by atoms with E-state index in [4.69, 9.17) is 16.3 Å². The van der Waals surface area contributed by atoms with Crippen LogP contribution in [0.4, 0.5) is 9.80 Å². The van der Waals surface area contributed by atoms with Crippen molar-refractivity contribution in [2.75, 3.05) is 19.0 Å². The molecule has 0 aliphatic carbocycles. The Morgan fingerprint density at radius 3 is 2.59 bits per heavy atom. The lowest BCUT2D eigenvalue weighted by atomic mass is 10.1. The molecule has 1 heterocycles. The fourth-order valence-electron chi connectivity index (χ4n) is 1.92. The van der Waals surface area contributed by atoms with Crippen LogP contribution in [0.5, 0.6) is 5.75 Å². The summed E-state index contributed by atoms with van der Waals surface area (Å²) in [5.41, 5.74) is 0.999. The number of hydrogen-bond acceptors (Lipinski definition) is 4. The van der Waals surface area contributed by atoms with E-state index in [1.807, 2.05) is 24.3 Å². The summed E-state index contributed by atoms with van der Waals surface area (Å²) in [6.07, 6.45) is 0.527. The van der Waals surface area contributed by atoms with Gasteiger partial charge in [0, 0.05) is 0 Å². The molecule has 0 saturated heterocycles. The summed E-state index contributed by atoms with van der Waals surface area (Å²) in [5.74, 6) is 0.768. The van der Waals surface area contributed by atoms with Crippen molar-refractivity contribution in [3.05, 3.63) is 46.3 Å². The number of aliphatic hydroxyl groups is 1. The number of amides is 2. The largest absolute Gasteiger partial charge is 0.497 e. The summed E-state index contributed by atoms with van der Waals surface area (Å²) in [7, 11) is 1.61. The predicted octanol–water partition coefficient (Wildman–Crippen LogP) is 3.14. The van der Waals surface area contributed by atoms with Gasteiger partial charge in [0.2, 0.25) is 0 Å². The van der Waals surface area contributed by atoms with Gasteiger partial charge < -0.3 is 15.2 Å². The van der Waals surface area contributed by atoms with Gasteiger partial charge in [-0.2, -0.15) is 0 Å². The lowest BCUT2D eigenvalue weighted by Gasteiger charge is -2.16. The van der Waals surface area contributed by atoms with Gasteiger partial charge in [0.25, 0.3) is 0 Å². The van der Waals surface area contributed by atoms with Gasteiger partial charge in [0.15, 0.2) is 0 Å². The van der Waals surface area contributed by atoms with Gasteiger partial charge >= 0.3 is 6.03 Å². The molecule has 1 aromatic carbocycles. The summed E-state index contributed by atoms with van der Waals surface area (Å²) in [5, 5.41) is 15.5. The molecule has 0 radical (unpaired) electrons. The first kappa shape index (κ1) is 16.6. The van der Waals surface area contributed by atoms with E-state index >= 15 is 0 Å². The van der Waals surface area contributed by atoms with Crippen LogP contribution in [0.3, 0.4) is 0 Å². The molecule has 3 N–H and O–H groups in total. The Morgan fingerprint density at radius 1 is 1.32 bits per heavy atom. The summed E-state index contributed by atoms with van der Waals surface area (Å²) in [4.78, 5) is 11.9. The Labute approximate surface area is 137 Å². The zero-order valence-electron chi connectivity index (χ0n) is 12.0. The SMILES string of the molecule is COc1ccc(CC(CO)NC(=O)Nc2ccc(Cl)s2)cc1. The van der Waals surface area contributed by atoms with E-state index in [1.54, 1.807) is 19.2 Å². The fraction of sp³-hybridized carbons (Fsp3) is 0.267. The van der Waals surface area contributed by atoms with E-state index in [9.17, 15) is 9.90 Å². The number of nitrogens with one attached hydrogen (secondary N) is 2. The van der Waals surface area contributed by atoms with Gasteiger partial charge in [-0.3, -0.25) is 5.32 Å². The van der Waals surface area contributed by atoms with Gasteiger partial charge in [-0.15, -0.1) is 11.3 Å². The highest BCUT2D eigenvalue weighted by atomic mass is 35.5. The number of halogens is 1. The number of benzene rings is 1. The highest BCUT2D eigenvalue weighted by Gasteiger charge is 2.13. The number of rotatable bonds is 6.